The predicted molar refractivity (Wildman–Crippen MR) is 98.0 cm³/mol. The number of hydrogen-bond acceptors (Lipinski definition) is 3. The van der Waals surface area contributed by atoms with Crippen molar-refractivity contribution in [3.8, 4) is 0 Å². The molecule has 0 aromatic heterocycles. The van der Waals surface area contributed by atoms with Gasteiger partial charge in [0.2, 0.25) is 5.91 Å². The van der Waals surface area contributed by atoms with Crippen LogP contribution in [0.2, 0.25) is 0 Å². The van der Waals surface area contributed by atoms with Crippen LogP contribution in [0.1, 0.15) is 21.5 Å². The van der Waals surface area contributed by atoms with E-state index in [0.717, 1.165) is 11.1 Å². The standard InChI is InChI=1S/C18H16N2O3S/c1-12-7-9-14(17(22)23)11-15(12)19-18(24)20-16(21)10-8-13-5-3-2-4-6-13/h2-11H,1H3,(H,22,23)(H2,19,20,21,24)/b10-8+. The summed E-state index contributed by atoms with van der Waals surface area (Å²) >= 11 is 5.09. The Balaban J connectivity index is 1.98. The number of aromatic carboxylic acids is 1. The maximum Gasteiger partial charge on any atom is 0.335 e. The molecular formula is C18H16N2O3S. The Morgan fingerprint density at radius 1 is 1.12 bits per heavy atom. The molecule has 0 bridgehead atoms. The van der Waals surface area contributed by atoms with Crippen LogP contribution >= 0.6 is 12.2 Å². The smallest absolute Gasteiger partial charge is 0.335 e. The minimum absolute atomic E-state index is 0.100. The molecule has 0 aliphatic heterocycles. The first-order chi connectivity index (χ1) is 11.5. The van der Waals surface area contributed by atoms with Gasteiger partial charge in [-0.1, -0.05) is 36.4 Å². The number of amides is 1. The van der Waals surface area contributed by atoms with Crippen LogP contribution in [-0.4, -0.2) is 22.1 Å². The van der Waals surface area contributed by atoms with Crippen LogP contribution in [0.15, 0.2) is 54.6 Å². The Labute approximate surface area is 145 Å². The Kier molecular flexibility index (Phi) is 5.81. The lowest BCUT2D eigenvalue weighted by Crippen LogP contribution is -2.33. The zero-order valence-electron chi connectivity index (χ0n) is 12.9. The highest BCUT2D eigenvalue weighted by Gasteiger charge is 2.08. The summed E-state index contributed by atoms with van der Waals surface area (Å²) < 4.78 is 0. The van der Waals surface area contributed by atoms with Crippen molar-refractivity contribution in [2.45, 2.75) is 6.92 Å². The summed E-state index contributed by atoms with van der Waals surface area (Å²) in [5.41, 5.74) is 2.39. The number of carboxylic acid groups (broad SMARTS) is 1. The highest BCUT2D eigenvalue weighted by molar-refractivity contribution is 7.80. The third-order valence-corrected chi connectivity index (χ3v) is 3.40. The van der Waals surface area contributed by atoms with Crippen LogP contribution in [0.5, 0.6) is 0 Å². The number of benzene rings is 2. The zero-order valence-corrected chi connectivity index (χ0v) is 13.8. The fourth-order valence-electron chi connectivity index (χ4n) is 1.93. The maximum atomic E-state index is 11.9. The molecule has 6 heteroatoms. The molecule has 0 spiro atoms. The monoisotopic (exact) mass is 340 g/mol. The van der Waals surface area contributed by atoms with E-state index in [1.54, 1.807) is 12.1 Å². The van der Waals surface area contributed by atoms with Gasteiger partial charge in [0.25, 0.3) is 0 Å². The molecule has 2 aromatic carbocycles. The van der Waals surface area contributed by atoms with Gasteiger partial charge < -0.3 is 10.4 Å². The second-order valence-electron chi connectivity index (χ2n) is 5.02. The topological polar surface area (TPSA) is 78.4 Å². The second kappa shape index (κ2) is 8.03. The molecule has 5 nitrogen and oxygen atoms in total. The van der Waals surface area contributed by atoms with E-state index < -0.39 is 5.97 Å². The number of aryl methyl sites for hydroxylation is 1. The molecule has 1 amide bonds. The van der Waals surface area contributed by atoms with Gasteiger partial charge in [-0.2, -0.15) is 0 Å². The number of carboxylic acids is 1. The molecule has 0 unspecified atom stereocenters. The third-order valence-electron chi connectivity index (χ3n) is 3.20. The second-order valence-corrected chi connectivity index (χ2v) is 5.43. The molecular weight excluding hydrogens is 324 g/mol. The number of hydrogen-bond donors (Lipinski definition) is 3. The maximum absolute atomic E-state index is 11.9. The summed E-state index contributed by atoms with van der Waals surface area (Å²) in [5, 5.41) is 14.5. The number of nitrogens with one attached hydrogen (secondary N) is 2. The molecule has 0 saturated carbocycles. The average Bonchev–Trinajstić information content (AvgIpc) is 2.55. The molecule has 0 saturated heterocycles. The highest BCUT2D eigenvalue weighted by Crippen LogP contribution is 2.16. The van der Waals surface area contributed by atoms with Gasteiger partial charge in [0, 0.05) is 11.8 Å². The molecule has 122 valence electrons. The van der Waals surface area contributed by atoms with Gasteiger partial charge in [0.1, 0.15) is 0 Å². The number of rotatable bonds is 4. The van der Waals surface area contributed by atoms with Gasteiger partial charge in [0.15, 0.2) is 5.11 Å². The number of anilines is 1. The third kappa shape index (κ3) is 5.03. The van der Waals surface area contributed by atoms with Crippen LogP contribution in [0.4, 0.5) is 5.69 Å². The first kappa shape index (κ1) is 17.4. The summed E-state index contributed by atoms with van der Waals surface area (Å²) in [6.45, 7) is 1.81. The molecule has 0 fully saturated rings. The van der Waals surface area contributed by atoms with Crippen molar-refractivity contribution in [2.75, 3.05) is 5.32 Å². The van der Waals surface area contributed by atoms with E-state index in [1.807, 2.05) is 37.3 Å². The molecule has 2 aromatic rings. The van der Waals surface area contributed by atoms with Crippen LogP contribution in [-0.2, 0) is 4.79 Å². The van der Waals surface area contributed by atoms with Gasteiger partial charge >= 0.3 is 5.97 Å². The summed E-state index contributed by atoms with van der Waals surface area (Å²) in [4.78, 5) is 22.9. The van der Waals surface area contributed by atoms with Gasteiger partial charge in [-0.25, -0.2) is 4.79 Å². The first-order valence-corrected chi connectivity index (χ1v) is 7.55. The molecule has 3 N–H and O–H groups in total. The lowest BCUT2D eigenvalue weighted by Gasteiger charge is -2.11. The predicted octanol–water partition coefficient (Wildman–Crippen LogP) is 3.22. The SMILES string of the molecule is Cc1ccc(C(=O)O)cc1NC(=S)NC(=O)/C=C/c1ccccc1. The van der Waals surface area contributed by atoms with Gasteiger partial charge in [-0.3, -0.25) is 10.1 Å². The quantitative estimate of drug-likeness (QED) is 0.588. The summed E-state index contributed by atoms with van der Waals surface area (Å²) in [6.07, 6.45) is 3.05. The molecule has 0 atom stereocenters. The van der Waals surface area contributed by atoms with Crippen LogP contribution in [0.25, 0.3) is 6.08 Å². The van der Waals surface area contributed by atoms with E-state index in [2.05, 4.69) is 10.6 Å². The first-order valence-electron chi connectivity index (χ1n) is 7.15. The lowest BCUT2D eigenvalue weighted by atomic mass is 10.1. The van der Waals surface area contributed by atoms with Gasteiger partial charge in [-0.05, 0) is 48.5 Å². The lowest BCUT2D eigenvalue weighted by molar-refractivity contribution is -0.115. The Morgan fingerprint density at radius 2 is 1.83 bits per heavy atom. The summed E-state index contributed by atoms with van der Waals surface area (Å²) in [5.74, 6) is -1.40. The van der Waals surface area contributed by atoms with Crippen molar-refractivity contribution in [3.05, 3.63) is 71.3 Å². The minimum Gasteiger partial charge on any atom is -0.478 e. The van der Waals surface area contributed by atoms with Crippen LogP contribution in [0, 0.1) is 6.92 Å². The zero-order chi connectivity index (χ0) is 17.5. The van der Waals surface area contributed by atoms with E-state index in [1.165, 1.54) is 18.2 Å². The molecule has 2 rings (SSSR count). The number of carbonyl (C=O) groups excluding carboxylic acids is 1. The fraction of sp³-hybridized carbons (Fsp3) is 0.0556. The van der Waals surface area contributed by atoms with Crippen molar-refractivity contribution in [2.24, 2.45) is 0 Å². The van der Waals surface area contributed by atoms with Crippen molar-refractivity contribution in [3.63, 3.8) is 0 Å². The summed E-state index contributed by atoms with van der Waals surface area (Å²) in [6, 6.07) is 14.0. The number of thiocarbonyl (C=S) groups is 1. The van der Waals surface area contributed by atoms with E-state index >= 15 is 0 Å². The van der Waals surface area contributed by atoms with E-state index in [0.29, 0.717) is 5.69 Å². The summed E-state index contributed by atoms with van der Waals surface area (Å²) in [7, 11) is 0. The van der Waals surface area contributed by atoms with Crippen molar-refractivity contribution < 1.29 is 14.7 Å². The van der Waals surface area contributed by atoms with Gasteiger partial charge in [-0.15, -0.1) is 0 Å². The fourth-order valence-corrected chi connectivity index (χ4v) is 2.14. The van der Waals surface area contributed by atoms with Crippen molar-refractivity contribution in [1.82, 2.24) is 5.32 Å². The molecule has 24 heavy (non-hydrogen) atoms. The number of carbonyl (C=O) groups is 2. The highest BCUT2D eigenvalue weighted by atomic mass is 32.1. The molecule has 0 heterocycles. The molecule has 0 radical (unpaired) electrons. The van der Waals surface area contributed by atoms with Crippen LogP contribution < -0.4 is 10.6 Å². The largest absolute Gasteiger partial charge is 0.478 e. The van der Waals surface area contributed by atoms with Crippen LogP contribution in [0.3, 0.4) is 0 Å². The Morgan fingerprint density at radius 3 is 2.50 bits per heavy atom. The normalized spacial score (nSPS) is 10.4. The minimum atomic E-state index is -1.03. The molecule has 0 aliphatic carbocycles. The van der Waals surface area contributed by atoms with Gasteiger partial charge in [0.05, 0.1) is 5.56 Å². The van der Waals surface area contributed by atoms with Crippen molar-refractivity contribution >= 4 is 41.0 Å². The molecule has 0 aliphatic rings. The van der Waals surface area contributed by atoms with E-state index in [-0.39, 0.29) is 16.6 Å². The Bertz CT molecular complexity index is 801. The van der Waals surface area contributed by atoms with Crippen molar-refractivity contribution in [1.29, 1.82) is 0 Å². The Hall–Kier alpha value is -2.99. The van der Waals surface area contributed by atoms with E-state index in [9.17, 15) is 9.59 Å². The average molecular weight is 340 g/mol. The van der Waals surface area contributed by atoms with E-state index in [4.69, 9.17) is 17.3 Å².